The molecule has 2 rings (SSSR count). The van der Waals surface area contributed by atoms with Crippen LogP contribution in [-0.2, 0) is 0 Å². The van der Waals surface area contributed by atoms with Crippen molar-refractivity contribution in [2.24, 2.45) is 11.7 Å². The van der Waals surface area contributed by atoms with E-state index in [9.17, 15) is 0 Å². The van der Waals surface area contributed by atoms with Crippen LogP contribution in [-0.4, -0.2) is 30.6 Å². The molecule has 2 aliphatic rings. The van der Waals surface area contributed by atoms with Gasteiger partial charge in [-0.25, -0.2) is 0 Å². The third kappa shape index (κ3) is 0.956. The Balaban J connectivity index is 1.94. The Hall–Kier alpha value is -0.0800. The van der Waals surface area contributed by atoms with E-state index in [-0.39, 0.29) is 0 Å². The maximum atomic E-state index is 5.61. The van der Waals surface area contributed by atoms with Gasteiger partial charge in [-0.2, -0.15) is 0 Å². The standard InChI is InChI=1S/C8H16N2/c9-5-7-4-8-2-1-3-10(8)6-7/h7-8H,1-6,9H2/t7-,8-/m1/s1. The largest absolute Gasteiger partial charge is 0.330 e. The molecule has 2 fully saturated rings. The SMILES string of the molecule is NC[C@H]1C[C@H]2CCCN2C1. The molecule has 0 bridgehead atoms. The van der Waals surface area contributed by atoms with E-state index < -0.39 is 0 Å². The summed E-state index contributed by atoms with van der Waals surface area (Å²) in [4.78, 5) is 2.61. The molecule has 2 saturated heterocycles. The molecule has 0 aliphatic carbocycles. The molecule has 10 heavy (non-hydrogen) atoms. The highest BCUT2D eigenvalue weighted by Gasteiger charge is 2.33. The lowest BCUT2D eigenvalue weighted by molar-refractivity contribution is 0.318. The van der Waals surface area contributed by atoms with Crippen molar-refractivity contribution in [1.82, 2.24) is 4.90 Å². The molecule has 2 nitrogen and oxygen atoms in total. The lowest BCUT2D eigenvalue weighted by Crippen LogP contribution is -2.23. The molecule has 0 radical (unpaired) electrons. The fourth-order valence-electron chi connectivity index (χ4n) is 2.36. The molecule has 2 heterocycles. The minimum Gasteiger partial charge on any atom is -0.330 e. The van der Waals surface area contributed by atoms with Crippen LogP contribution in [0, 0.1) is 5.92 Å². The number of nitrogens with two attached hydrogens (primary N) is 1. The second-order valence-corrected chi connectivity index (χ2v) is 3.63. The minimum absolute atomic E-state index is 0.810. The summed E-state index contributed by atoms with van der Waals surface area (Å²) in [7, 11) is 0. The first kappa shape index (κ1) is 6.62. The van der Waals surface area contributed by atoms with Gasteiger partial charge in [0.2, 0.25) is 0 Å². The highest BCUT2D eigenvalue weighted by molar-refractivity contribution is 4.89. The van der Waals surface area contributed by atoms with Crippen LogP contribution in [0.1, 0.15) is 19.3 Å². The zero-order valence-electron chi connectivity index (χ0n) is 6.42. The van der Waals surface area contributed by atoms with Gasteiger partial charge < -0.3 is 10.6 Å². The van der Waals surface area contributed by atoms with Crippen LogP contribution in [0.4, 0.5) is 0 Å². The van der Waals surface area contributed by atoms with Gasteiger partial charge in [0.25, 0.3) is 0 Å². The molecule has 2 heteroatoms. The summed E-state index contributed by atoms with van der Waals surface area (Å²) >= 11 is 0. The first-order valence-corrected chi connectivity index (χ1v) is 4.34. The fraction of sp³-hybridized carbons (Fsp3) is 1.00. The molecule has 0 aromatic rings. The quantitative estimate of drug-likeness (QED) is 0.572. The summed E-state index contributed by atoms with van der Waals surface area (Å²) in [5.41, 5.74) is 5.61. The van der Waals surface area contributed by atoms with Crippen molar-refractivity contribution in [3.05, 3.63) is 0 Å². The lowest BCUT2D eigenvalue weighted by Gasteiger charge is -2.12. The van der Waals surface area contributed by atoms with E-state index in [0.29, 0.717) is 0 Å². The Bertz CT molecular complexity index is 112. The van der Waals surface area contributed by atoms with Gasteiger partial charge in [-0.1, -0.05) is 0 Å². The number of hydrogen-bond donors (Lipinski definition) is 1. The molecular formula is C8H16N2. The highest BCUT2D eigenvalue weighted by Crippen LogP contribution is 2.30. The Kier molecular flexibility index (Phi) is 1.66. The molecule has 0 aromatic carbocycles. The molecule has 0 amide bonds. The topological polar surface area (TPSA) is 29.3 Å². The summed E-state index contributed by atoms with van der Waals surface area (Å²) < 4.78 is 0. The van der Waals surface area contributed by atoms with E-state index in [1.807, 2.05) is 0 Å². The predicted molar refractivity (Wildman–Crippen MR) is 41.8 cm³/mol. The highest BCUT2D eigenvalue weighted by atomic mass is 15.2. The molecular weight excluding hydrogens is 124 g/mol. The van der Waals surface area contributed by atoms with Gasteiger partial charge >= 0.3 is 0 Å². The molecule has 0 aromatic heterocycles. The van der Waals surface area contributed by atoms with Crippen LogP contribution < -0.4 is 5.73 Å². The van der Waals surface area contributed by atoms with Crippen molar-refractivity contribution in [1.29, 1.82) is 0 Å². The Morgan fingerprint density at radius 3 is 3.10 bits per heavy atom. The molecule has 2 N–H and O–H groups in total. The molecule has 0 saturated carbocycles. The maximum absolute atomic E-state index is 5.61. The molecule has 0 spiro atoms. The molecule has 58 valence electrons. The van der Waals surface area contributed by atoms with Crippen molar-refractivity contribution >= 4 is 0 Å². The average Bonchev–Trinajstić information content (AvgIpc) is 2.42. The van der Waals surface area contributed by atoms with Crippen molar-refractivity contribution in [2.45, 2.75) is 25.3 Å². The summed E-state index contributed by atoms with van der Waals surface area (Å²) in [6.45, 7) is 3.51. The zero-order chi connectivity index (χ0) is 6.97. The third-order valence-electron chi connectivity index (χ3n) is 2.93. The van der Waals surface area contributed by atoms with E-state index >= 15 is 0 Å². The van der Waals surface area contributed by atoms with Gasteiger partial charge in [-0.15, -0.1) is 0 Å². The monoisotopic (exact) mass is 140 g/mol. The minimum atomic E-state index is 0.810. The molecule has 2 aliphatic heterocycles. The number of rotatable bonds is 1. The van der Waals surface area contributed by atoms with Gasteiger partial charge in [0.05, 0.1) is 0 Å². The first-order chi connectivity index (χ1) is 4.90. The fourth-order valence-corrected chi connectivity index (χ4v) is 2.36. The van der Waals surface area contributed by atoms with Gasteiger partial charge in [0.15, 0.2) is 0 Å². The normalized spacial score (nSPS) is 40.5. The maximum Gasteiger partial charge on any atom is 0.00994 e. The third-order valence-corrected chi connectivity index (χ3v) is 2.93. The van der Waals surface area contributed by atoms with E-state index in [2.05, 4.69) is 4.90 Å². The summed E-state index contributed by atoms with van der Waals surface area (Å²) in [5.74, 6) is 0.810. The van der Waals surface area contributed by atoms with Crippen LogP contribution in [0.3, 0.4) is 0 Å². The molecule has 2 atom stereocenters. The Morgan fingerprint density at radius 1 is 1.50 bits per heavy atom. The lowest BCUT2D eigenvalue weighted by atomic mass is 10.0. The van der Waals surface area contributed by atoms with E-state index in [1.165, 1.54) is 32.4 Å². The number of hydrogen-bond acceptors (Lipinski definition) is 2. The van der Waals surface area contributed by atoms with Crippen LogP contribution >= 0.6 is 0 Å². The van der Waals surface area contributed by atoms with E-state index in [0.717, 1.165) is 18.5 Å². The van der Waals surface area contributed by atoms with Crippen LogP contribution in [0.25, 0.3) is 0 Å². The van der Waals surface area contributed by atoms with Crippen molar-refractivity contribution in [2.75, 3.05) is 19.6 Å². The van der Waals surface area contributed by atoms with Crippen molar-refractivity contribution < 1.29 is 0 Å². The van der Waals surface area contributed by atoms with Gasteiger partial charge in [-0.3, -0.25) is 0 Å². The van der Waals surface area contributed by atoms with Crippen LogP contribution in [0.5, 0.6) is 0 Å². The first-order valence-electron chi connectivity index (χ1n) is 4.34. The second-order valence-electron chi connectivity index (χ2n) is 3.63. The van der Waals surface area contributed by atoms with Gasteiger partial charge in [0, 0.05) is 12.6 Å². The molecule has 0 unspecified atom stereocenters. The van der Waals surface area contributed by atoms with Gasteiger partial charge in [-0.05, 0) is 38.3 Å². The summed E-state index contributed by atoms with van der Waals surface area (Å²) in [5, 5.41) is 0. The predicted octanol–water partition coefficient (Wildman–Crippen LogP) is 0.429. The summed E-state index contributed by atoms with van der Waals surface area (Å²) in [6.07, 6.45) is 4.22. The van der Waals surface area contributed by atoms with Gasteiger partial charge in [0.1, 0.15) is 0 Å². The Morgan fingerprint density at radius 2 is 2.40 bits per heavy atom. The smallest absolute Gasteiger partial charge is 0.00994 e. The average molecular weight is 140 g/mol. The van der Waals surface area contributed by atoms with E-state index in [4.69, 9.17) is 5.73 Å². The summed E-state index contributed by atoms with van der Waals surface area (Å²) in [6, 6.07) is 0.911. The second kappa shape index (κ2) is 2.51. The number of fused-ring (bicyclic) bond motifs is 1. The Labute approximate surface area is 62.4 Å². The zero-order valence-corrected chi connectivity index (χ0v) is 6.42. The van der Waals surface area contributed by atoms with E-state index in [1.54, 1.807) is 0 Å². The van der Waals surface area contributed by atoms with Crippen LogP contribution in [0.15, 0.2) is 0 Å². The number of nitrogens with zero attached hydrogens (tertiary/aromatic N) is 1. The van der Waals surface area contributed by atoms with Crippen LogP contribution in [0.2, 0.25) is 0 Å². The van der Waals surface area contributed by atoms with Crippen molar-refractivity contribution in [3.8, 4) is 0 Å². The van der Waals surface area contributed by atoms with Crippen molar-refractivity contribution in [3.63, 3.8) is 0 Å².